The van der Waals surface area contributed by atoms with Gasteiger partial charge in [-0.15, -0.1) is 0 Å². The predicted molar refractivity (Wildman–Crippen MR) is 101 cm³/mol. The van der Waals surface area contributed by atoms with Gasteiger partial charge in [-0.3, -0.25) is 9.59 Å². The smallest absolute Gasteiger partial charge is 0.265 e. The highest BCUT2D eigenvalue weighted by Gasteiger charge is 2.15. The van der Waals surface area contributed by atoms with E-state index in [0.29, 0.717) is 28.4 Å². The lowest BCUT2D eigenvalue weighted by atomic mass is 10.2. The second kappa shape index (κ2) is 8.18. The van der Waals surface area contributed by atoms with Gasteiger partial charge in [-0.1, -0.05) is 23.4 Å². The van der Waals surface area contributed by atoms with E-state index in [4.69, 9.17) is 9.26 Å². The van der Waals surface area contributed by atoms with Crippen LogP contribution in [-0.2, 0) is 4.79 Å². The minimum Gasteiger partial charge on any atom is -0.481 e. The molecule has 1 aromatic heterocycles. The molecule has 0 aliphatic rings. The monoisotopic (exact) mass is 365 g/mol. The van der Waals surface area contributed by atoms with E-state index in [1.54, 1.807) is 50.2 Å². The normalized spacial score (nSPS) is 11.5. The van der Waals surface area contributed by atoms with Crippen molar-refractivity contribution < 1.29 is 18.8 Å². The molecule has 0 saturated heterocycles. The number of rotatable bonds is 6. The van der Waals surface area contributed by atoms with Crippen LogP contribution in [0.1, 0.15) is 23.0 Å². The Hall–Kier alpha value is -3.61. The first-order chi connectivity index (χ1) is 13.0. The molecule has 0 unspecified atom stereocenters. The van der Waals surface area contributed by atoms with Crippen LogP contribution in [0, 0.1) is 6.92 Å². The van der Waals surface area contributed by atoms with Gasteiger partial charge >= 0.3 is 0 Å². The molecule has 0 aliphatic heterocycles. The van der Waals surface area contributed by atoms with Gasteiger partial charge in [0, 0.05) is 11.4 Å². The van der Waals surface area contributed by atoms with E-state index in [9.17, 15) is 9.59 Å². The number of nitrogens with one attached hydrogen (secondary N) is 2. The SMILES string of the molecule is Cc1oncc1C(=O)Nc1ccc(NC(=O)[C@@H](C)Oc2ccccc2)cc1. The minimum atomic E-state index is -0.650. The van der Waals surface area contributed by atoms with Gasteiger partial charge in [-0.2, -0.15) is 0 Å². The molecule has 7 heteroatoms. The Morgan fingerprint density at radius 3 is 2.22 bits per heavy atom. The topological polar surface area (TPSA) is 93.5 Å². The average Bonchev–Trinajstić information content (AvgIpc) is 3.10. The van der Waals surface area contributed by atoms with Gasteiger partial charge in [-0.25, -0.2) is 0 Å². The van der Waals surface area contributed by atoms with Crippen LogP contribution in [0.15, 0.2) is 65.3 Å². The van der Waals surface area contributed by atoms with Crippen molar-refractivity contribution in [1.82, 2.24) is 5.16 Å². The maximum Gasteiger partial charge on any atom is 0.265 e. The maximum absolute atomic E-state index is 12.2. The number of ether oxygens (including phenoxy) is 1. The Morgan fingerprint density at radius 1 is 1.00 bits per heavy atom. The molecular weight excluding hydrogens is 346 g/mol. The summed E-state index contributed by atoms with van der Waals surface area (Å²) in [5.41, 5.74) is 1.56. The summed E-state index contributed by atoms with van der Waals surface area (Å²) < 4.78 is 10.5. The van der Waals surface area contributed by atoms with E-state index in [2.05, 4.69) is 15.8 Å². The van der Waals surface area contributed by atoms with Crippen molar-refractivity contribution in [1.29, 1.82) is 0 Å². The van der Waals surface area contributed by atoms with Crippen LogP contribution in [0.4, 0.5) is 11.4 Å². The summed E-state index contributed by atoms with van der Waals surface area (Å²) in [6, 6.07) is 15.9. The van der Waals surface area contributed by atoms with Crippen molar-refractivity contribution in [3.8, 4) is 5.75 Å². The molecule has 0 spiro atoms. The zero-order valence-electron chi connectivity index (χ0n) is 14.9. The average molecular weight is 365 g/mol. The van der Waals surface area contributed by atoms with Crippen LogP contribution >= 0.6 is 0 Å². The van der Waals surface area contributed by atoms with E-state index in [1.807, 2.05) is 18.2 Å². The van der Waals surface area contributed by atoms with Gasteiger partial charge in [0.1, 0.15) is 17.1 Å². The van der Waals surface area contributed by atoms with Gasteiger partial charge in [0.05, 0.1) is 6.20 Å². The fraction of sp³-hybridized carbons (Fsp3) is 0.150. The molecule has 3 rings (SSSR count). The van der Waals surface area contributed by atoms with Crippen LogP contribution in [0.5, 0.6) is 5.75 Å². The van der Waals surface area contributed by atoms with Crippen LogP contribution < -0.4 is 15.4 Å². The fourth-order valence-electron chi connectivity index (χ4n) is 2.35. The molecule has 2 N–H and O–H groups in total. The van der Waals surface area contributed by atoms with Crippen LogP contribution in [-0.4, -0.2) is 23.1 Å². The zero-order valence-corrected chi connectivity index (χ0v) is 14.9. The van der Waals surface area contributed by atoms with Gasteiger partial charge in [0.2, 0.25) is 0 Å². The third-order valence-electron chi connectivity index (χ3n) is 3.83. The molecule has 2 amide bonds. The Bertz CT molecular complexity index is 920. The van der Waals surface area contributed by atoms with Crippen LogP contribution in [0.2, 0.25) is 0 Å². The Morgan fingerprint density at radius 2 is 1.63 bits per heavy atom. The molecule has 7 nitrogen and oxygen atoms in total. The standard InChI is InChI=1S/C20H19N3O4/c1-13-18(12-21-27-13)20(25)23-16-10-8-15(9-11-16)22-19(24)14(2)26-17-6-4-3-5-7-17/h3-12,14H,1-2H3,(H,22,24)(H,23,25)/t14-/m1/s1. The van der Waals surface area contributed by atoms with Gasteiger partial charge < -0.3 is 19.9 Å². The summed E-state index contributed by atoms with van der Waals surface area (Å²) in [6.07, 6.45) is 0.719. The predicted octanol–water partition coefficient (Wildman–Crippen LogP) is 3.64. The lowest BCUT2D eigenvalue weighted by Gasteiger charge is -2.15. The number of carbonyl (C=O) groups excluding carboxylic acids is 2. The highest BCUT2D eigenvalue weighted by molar-refractivity contribution is 6.04. The number of nitrogens with zero attached hydrogens (tertiary/aromatic N) is 1. The molecule has 0 saturated carbocycles. The van der Waals surface area contributed by atoms with E-state index < -0.39 is 6.10 Å². The third kappa shape index (κ3) is 4.72. The zero-order chi connectivity index (χ0) is 19.2. The summed E-state index contributed by atoms with van der Waals surface area (Å²) >= 11 is 0. The van der Waals surface area contributed by atoms with Crippen molar-refractivity contribution in [2.75, 3.05) is 10.6 Å². The van der Waals surface area contributed by atoms with Crippen molar-refractivity contribution in [2.45, 2.75) is 20.0 Å². The lowest BCUT2D eigenvalue weighted by molar-refractivity contribution is -0.122. The number of carbonyl (C=O) groups is 2. The number of hydrogen-bond acceptors (Lipinski definition) is 5. The summed E-state index contributed by atoms with van der Waals surface area (Å²) in [4.78, 5) is 24.4. The largest absolute Gasteiger partial charge is 0.481 e. The van der Waals surface area contributed by atoms with Crippen molar-refractivity contribution in [3.63, 3.8) is 0 Å². The molecule has 1 atom stereocenters. The summed E-state index contributed by atoms with van der Waals surface area (Å²) in [6.45, 7) is 3.34. The Labute approximate surface area is 156 Å². The summed E-state index contributed by atoms with van der Waals surface area (Å²) in [5.74, 6) is 0.497. The summed E-state index contributed by atoms with van der Waals surface area (Å²) in [7, 11) is 0. The van der Waals surface area contributed by atoms with E-state index in [1.165, 1.54) is 6.20 Å². The Kier molecular flexibility index (Phi) is 5.51. The van der Waals surface area contributed by atoms with Gasteiger partial charge in [0.15, 0.2) is 6.10 Å². The first-order valence-corrected chi connectivity index (χ1v) is 8.38. The first kappa shape index (κ1) is 18.2. The molecule has 0 fully saturated rings. The number of benzene rings is 2. The number of amides is 2. The third-order valence-corrected chi connectivity index (χ3v) is 3.83. The molecule has 2 aromatic carbocycles. The van der Waals surface area contributed by atoms with Crippen molar-refractivity contribution >= 4 is 23.2 Å². The molecule has 0 aliphatic carbocycles. The molecular formula is C20H19N3O4. The van der Waals surface area contributed by atoms with Crippen LogP contribution in [0.3, 0.4) is 0 Å². The van der Waals surface area contributed by atoms with E-state index in [0.717, 1.165) is 0 Å². The molecule has 27 heavy (non-hydrogen) atoms. The van der Waals surface area contributed by atoms with E-state index in [-0.39, 0.29) is 11.8 Å². The molecule has 3 aromatic rings. The number of aryl methyl sites for hydroxylation is 1. The first-order valence-electron chi connectivity index (χ1n) is 8.38. The number of aromatic nitrogens is 1. The number of para-hydroxylation sites is 1. The molecule has 0 bridgehead atoms. The van der Waals surface area contributed by atoms with Crippen LogP contribution in [0.25, 0.3) is 0 Å². The maximum atomic E-state index is 12.2. The van der Waals surface area contributed by atoms with Crippen molar-refractivity contribution in [3.05, 3.63) is 72.1 Å². The highest BCUT2D eigenvalue weighted by Crippen LogP contribution is 2.17. The number of anilines is 2. The quantitative estimate of drug-likeness (QED) is 0.696. The molecule has 0 radical (unpaired) electrons. The highest BCUT2D eigenvalue weighted by atomic mass is 16.5. The van der Waals surface area contributed by atoms with Gasteiger partial charge in [-0.05, 0) is 50.2 Å². The van der Waals surface area contributed by atoms with E-state index >= 15 is 0 Å². The summed E-state index contributed by atoms with van der Waals surface area (Å²) in [5, 5.41) is 9.10. The molecule has 138 valence electrons. The van der Waals surface area contributed by atoms with Gasteiger partial charge in [0.25, 0.3) is 11.8 Å². The minimum absolute atomic E-state index is 0.268. The Balaban J connectivity index is 1.56. The lowest BCUT2D eigenvalue weighted by Crippen LogP contribution is -2.30. The second-order valence-corrected chi connectivity index (χ2v) is 5.89. The molecule has 1 heterocycles. The van der Waals surface area contributed by atoms with Crippen molar-refractivity contribution in [2.24, 2.45) is 0 Å². The fourth-order valence-corrected chi connectivity index (χ4v) is 2.35. The number of hydrogen-bond donors (Lipinski definition) is 2. The second-order valence-electron chi connectivity index (χ2n) is 5.89.